The Hall–Kier alpha value is -1.59. The molecule has 6 heteroatoms. The van der Waals surface area contributed by atoms with Crippen molar-refractivity contribution in [3.05, 3.63) is 0 Å². The van der Waals surface area contributed by atoms with Gasteiger partial charge in [-0.2, -0.15) is 0 Å². The molecule has 6 nitrogen and oxygen atoms in total. The Kier molecular flexibility index (Phi) is 5.28. The van der Waals surface area contributed by atoms with Gasteiger partial charge >= 0.3 is 11.9 Å². The van der Waals surface area contributed by atoms with Crippen LogP contribution in [0.15, 0.2) is 0 Å². The first kappa shape index (κ1) is 12.4. The van der Waals surface area contributed by atoms with E-state index in [4.69, 9.17) is 10.2 Å². The molecule has 0 rings (SSSR count). The van der Waals surface area contributed by atoms with Crippen molar-refractivity contribution < 1.29 is 24.6 Å². The molecular weight excluding hydrogens is 190 g/mol. The number of carbonyl (C=O) groups excluding carboxylic acids is 1. The summed E-state index contributed by atoms with van der Waals surface area (Å²) in [4.78, 5) is 31.6. The number of carboxylic acid groups (broad SMARTS) is 2. The van der Waals surface area contributed by atoms with Gasteiger partial charge in [0.1, 0.15) is 6.04 Å². The van der Waals surface area contributed by atoms with Gasteiger partial charge in [0.25, 0.3) is 0 Å². The minimum Gasteiger partial charge on any atom is -0.481 e. The summed E-state index contributed by atoms with van der Waals surface area (Å²) < 4.78 is 0. The molecule has 3 N–H and O–H groups in total. The highest BCUT2D eigenvalue weighted by molar-refractivity contribution is 5.83. The molecule has 1 atom stereocenters. The quantitative estimate of drug-likeness (QED) is 0.556. The molecule has 80 valence electrons. The highest BCUT2D eigenvalue weighted by atomic mass is 16.4. The first-order valence-electron chi connectivity index (χ1n) is 4.21. The van der Waals surface area contributed by atoms with Gasteiger partial charge in [-0.15, -0.1) is 0 Å². The molecule has 0 bridgehead atoms. The Morgan fingerprint density at radius 2 is 1.86 bits per heavy atom. The first-order valence-corrected chi connectivity index (χ1v) is 4.21. The van der Waals surface area contributed by atoms with E-state index in [0.717, 1.165) is 0 Å². The average molecular weight is 203 g/mol. The van der Waals surface area contributed by atoms with Crippen LogP contribution < -0.4 is 5.32 Å². The van der Waals surface area contributed by atoms with E-state index in [-0.39, 0.29) is 19.3 Å². The molecule has 0 radical (unpaired) electrons. The van der Waals surface area contributed by atoms with Gasteiger partial charge in [0.15, 0.2) is 0 Å². The maximum absolute atomic E-state index is 10.8. The van der Waals surface area contributed by atoms with E-state index in [1.807, 2.05) is 0 Å². The van der Waals surface area contributed by atoms with Crippen molar-refractivity contribution in [2.24, 2.45) is 0 Å². The number of hydrogen-bond donors (Lipinski definition) is 3. The van der Waals surface area contributed by atoms with E-state index < -0.39 is 23.9 Å². The van der Waals surface area contributed by atoms with E-state index in [1.165, 1.54) is 0 Å². The van der Waals surface area contributed by atoms with E-state index in [0.29, 0.717) is 0 Å². The third kappa shape index (κ3) is 5.13. The van der Waals surface area contributed by atoms with Crippen LogP contribution in [0.4, 0.5) is 0 Å². The van der Waals surface area contributed by atoms with Crippen LogP contribution in [-0.4, -0.2) is 34.1 Å². The zero-order valence-electron chi connectivity index (χ0n) is 7.82. The van der Waals surface area contributed by atoms with Crippen LogP contribution in [0.3, 0.4) is 0 Å². The molecule has 0 heterocycles. The fourth-order valence-electron chi connectivity index (χ4n) is 0.822. The molecule has 0 aliphatic carbocycles. The summed E-state index contributed by atoms with van der Waals surface area (Å²) in [5.74, 6) is -2.70. The van der Waals surface area contributed by atoms with Gasteiger partial charge < -0.3 is 15.5 Å². The second-order valence-corrected chi connectivity index (χ2v) is 2.74. The largest absolute Gasteiger partial charge is 0.481 e. The third-order valence-electron chi connectivity index (χ3n) is 1.60. The topological polar surface area (TPSA) is 104 Å². The average Bonchev–Trinajstić information content (AvgIpc) is 2.10. The van der Waals surface area contributed by atoms with Crippen molar-refractivity contribution in [2.75, 3.05) is 0 Å². The van der Waals surface area contributed by atoms with Gasteiger partial charge in [-0.05, 0) is 6.42 Å². The molecule has 14 heavy (non-hydrogen) atoms. The highest BCUT2D eigenvalue weighted by Gasteiger charge is 2.19. The van der Waals surface area contributed by atoms with Crippen LogP contribution in [0, 0.1) is 0 Å². The Morgan fingerprint density at radius 1 is 1.29 bits per heavy atom. The molecule has 0 aromatic heterocycles. The van der Waals surface area contributed by atoms with Gasteiger partial charge in [-0.3, -0.25) is 9.59 Å². The molecule has 0 unspecified atom stereocenters. The number of rotatable bonds is 6. The SMILES string of the molecule is CCC(=O)N[C@H](CCC(=O)O)C(=O)O. The summed E-state index contributed by atoms with van der Waals surface area (Å²) in [6.07, 6.45) is -0.200. The molecule has 0 aliphatic heterocycles. The Bertz CT molecular complexity index is 238. The van der Waals surface area contributed by atoms with E-state index in [9.17, 15) is 14.4 Å². The van der Waals surface area contributed by atoms with Gasteiger partial charge in [0.2, 0.25) is 5.91 Å². The summed E-state index contributed by atoms with van der Waals surface area (Å²) in [5.41, 5.74) is 0. The first-order chi connectivity index (χ1) is 6.47. The summed E-state index contributed by atoms with van der Waals surface area (Å²) >= 11 is 0. The van der Waals surface area contributed by atoms with Gasteiger partial charge in [-0.25, -0.2) is 4.79 Å². The maximum atomic E-state index is 10.8. The van der Waals surface area contributed by atoms with Gasteiger partial charge in [0, 0.05) is 12.8 Å². The van der Waals surface area contributed by atoms with Crippen molar-refractivity contribution >= 4 is 17.8 Å². The van der Waals surface area contributed by atoms with Crippen molar-refractivity contribution in [1.82, 2.24) is 5.32 Å². The van der Waals surface area contributed by atoms with E-state index in [2.05, 4.69) is 5.32 Å². The number of nitrogens with one attached hydrogen (secondary N) is 1. The Labute approximate surface area is 80.9 Å². The molecule has 0 aliphatic rings. The number of amides is 1. The summed E-state index contributed by atoms with van der Waals surface area (Å²) in [6, 6.07) is -1.11. The van der Waals surface area contributed by atoms with E-state index in [1.54, 1.807) is 6.92 Å². The van der Waals surface area contributed by atoms with Crippen molar-refractivity contribution in [1.29, 1.82) is 0 Å². The zero-order chi connectivity index (χ0) is 11.1. The minimum atomic E-state index is -1.21. The zero-order valence-corrected chi connectivity index (χ0v) is 7.82. The lowest BCUT2D eigenvalue weighted by atomic mass is 10.1. The summed E-state index contributed by atoms with van der Waals surface area (Å²) in [7, 11) is 0. The molecule has 0 saturated carbocycles. The second-order valence-electron chi connectivity index (χ2n) is 2.74. The normalized spacial score (nSPS) is 11.8. The summed E-state index contributed by atoms with van der Waals surface area (Å²) in [5, 5.41) is 19.2. The predicted octanol–water partition coefficient (Wildman–Crippen LogP) is -0.169. The fourth-order valence-corrected chi connectivity index (χ4v) is 0.822. The monoisotopic (exact) mass is 203 g/mol. The van der Waals surface area contributed by atoms with Gasteiger partial charge in [-0.1, -0.05) is 6.92 Å². The van der Waals surface area contributed by atoms with Crippen LogP contribution in [0.5, 0.6) is 0 Å². The second kappa shape index (κ2) is 5.95. The maximum Gasteiger partial charge on any atom is 0.326 e. The number of carboxylic acids is 2. The van der Waals surface area contributed by atoms with Crippen molar-refractivity contribution in [3.8, 4) is 0 Å². The van der Waals surface area contributed by atoms with Crippen LogP contribution in [0.2, 0.25) is 0 Å². The summed E-state index contributed by atoms with van der Waals surface area (Å²) in [6.45, 7) is 1.59. The van der Waals surface area contributed by atoms with Crippen molar-refractivity contribution in [3.63, 3.8) is 0 Å². The molecule has 0 spiro atoms. The minimum absolute atomic E-state index is 0.101. The number of carbonyl (C=O) groups is 3. The Balaban J connectivity index is 4.09. The molecule has 0 aromatic carbocycles. The van der Waals surface area contributed by atoms with Crippen LogP contribution in [0.25, 0.3) is 0 Å². The van der Waals surface area contributed by atoms with Gasteiger partial charge in [0.05, 0.1) is 0 Å². The highest BCUT2D eigenvalue weighted by Crippen LogP contribution is 1.98. The molecule has 0 aromatic rings. The fraction of sp³-hybridized carbons (Fsp3) is 0.625. The molecule has 1 amide bonds. The van der Waals surface area contributed by atoms with Crippen LogP contribution in [-0.2, 0) is 14.4 Å². The number of hydrogen-bond acceptors (Lipinski definition) is 3. The van der Waals surface area contributed by atoms with Crippen LogP contribution >= 0.6 is 0 Å². The predicted molar refractivity (Wildman–Crippen MR) is 46.7 cm³/mol. The third-order valence-corrected chi connectivity index (χ3v) is 1.60. The molecule has 0 fully saturated rings. The smallest absolute Gasteiger partial charge is 0.326 e. The molecular formula is C8H13NO5. The lowest BCUT2D eigenvalue weighted by Crippen LogP contribution is -2.40. The Morgan fingerprint density at radius 3 is 2.21 bits per heavy atom. The standard InChI is InChI=1S/C8H13NO5/c1-2-6(10)9-5(8(13)14)3-4-7(11)12/h5H,2-4H2,1H3,(H,9,10)(H,11,12)(H,13,14)/t5-/m1/s1. The van der Waals surface area contributed by atoms with Crippen molar-refractivity contribution in [2.45, 2.75) is 32.2 Å². The van der Waals surface area contributed by atoms with E-state index >= 15 is 0 Å². The lowest BCUT2D eigenvalue weighted by molar-refractivity contribution is -0.143. The molecule has 0 saturated heterocycles. The number of aliphatic carboxylic acids is 2. The van der Waals surface area contributed by atoms with Crippen LogP contribution in [0.1, 0.15) is 26.2 Å². The lowest BCUT2D eigenvalue weighted by Gasteiger charge is -2.12.